The van der Waals surface area contributed by atoms with Gasteiger partial charge in [-0.25, -0.2) is 4.79 Å². The molecule has 0 radical (unpaired) electrons. The minimum Gasteiger partial charge on any atom is -0.444 e. The zero-order chi connectivity index (χ0) is 15.6. The van der Waals surface area contributed by atoms with Gasteiger partial charge in [0.1, 0.15) is 5.60 Å². The molecule has 0 aromatic rings. The predicted molar refractivity (Wildman–Crippen MR) is 78.1 cm³/mol. The molecule has 0 aromatic heterocycles. The van der Waals surface area contributed by atoms with Gasteiger partial charge in [-0.15, -0.1) is 13.2 Å². The molecule has 0 bridgehead atoms. The van der Waals surface area contributed by atoms with Gasteiger partial charge in [0.15, 0.2) is 6.23 Å². The summed E-state index contributed by atoms with van der Waals surface area (Å²) >= 11 is 0. The maximum Gasteiger partial charge on any atom is 0.410 e. The van der Waals surface area contributed by atoms with Crippen LogP contribution in [0.5, 0.6) is 0 Å². The van der Waals surface area contributed by atoms with Gasteiger partial charge < -0.3 is 9.47 Å². The summed E-state index contributed by atoms with van der Waals surface area (Å²) in [6.07, 6.45) is 3.88. The quantitative estimate of drug-likeness (QED) is 0.421. The van der Waals surface area contributed by atoms with Gasteiger partial charge in [0.05, 0.1) is 0 Å². The highest BCUT2D eigenvalue weighted by Gasteiger charge is 2.21. The van der Waals surface area contributed by atoms with Crippen molar-refractivity contribution in [2.24, 2.45) is 0 Å². The third-order valence-electron chi connectivity index (χ3n) is 2.14. The molecular weight excluding hydrogens is 258 g/mol. The second-order valence-corrected chi connectivity index (χ2v) is 5.32. The van der Waals surface area contributed by atoms with E-state index in [1.807, 2.05) is 0 Å². The maximum atomic E-state index is 11.7. The van der Waals surface area contributed by atoms with E-state index in [4.69, 9.17) is 9.47 Å². The van der Waals surface area contributed by atoms with Crippen molar-refractivity contribution in [3.8, 4) is 0 Å². The third-order valence-corrected chi connectivity index (χ3v) is 2.14. The van der Waals surface area contributed by atoms with Crippen LogP contribution in [0.2, 0.25) is 0 Å². The van der Waals surface area contributed by atoms with Gasteiger partial charge >= 0.3 is 12.1 Å². The van der Waals surface area contributed by atoms with Gasteiger partial charge in [0, 0.05) is 12.8 Å². The van der Waals surface area contributed by atoms with E-state index in [0.29, 0.717) is 19.3 Å². The Labute approximate surface area is 121 Å². The highest BCUT2D eigenvalue weighted by atomic mass is 16.6. The highest BCUT2D eigenvalue weighted by molar-refractivity contribution is 5.71. The molecule has 1 amide bonds. The van der Waals surface area contributed by atoms with E-state index >= 15 is 0 Å². The van der Waals surface area contributed by atoms with Crippen LogP contribution in [0.4, 0.5) is 4.79 Å². The van der Waals surface area contributed by atoms with Crippen molar-refractivity contribution in [1.82, 2.24) is 5.32 Å². The van der Waals surface area contributed by atoms with Gasteiger partial charge in [0.2, 0.25) is 0 Å². The number of alkyl carbamates (subject to hydrolysis) is 1. The second-order valence-electron chi connectivity index (χ2n) is 5.32. The molecule has 0 aliphatic carbocycles. The Morgan fingerprint density at radius 1 is 1.20 bits per heavy atom. The van der Waals surface area contributed by atoms with Crippen molar-refractivity contribution < 1.29 is 19.1 Å². The first-order valence-electron chi connectivity index (χ1n) is 6.69. The molecule has 1 atom stereocenters. The Morgan fingerprint density at radius 3 is 2.30 bits per heavy atom. The third kappa shape index (κ3) is 10.2. The molecule has 1 N–H and O–H groups in total. The molecule has 0 aliphatic rings. The van der Waals surface area contributed by atoms with Crippen molar-refractivity contribution in [3.63, 3.8) is 0 Å². The number of allylic oxidation sites excluding steroid dienone is 2. The summed E-state index contributed by atoms with van der Waals surface area (Å²) in [5, 5.41) is 2.54. The lowest BCUT2D eigenvalue weighted by molar-refractivity contribution is -0.150. The average molecular weight is 283 g/mol. The number of esters is 1. The van der Waals surface area contributed by atoms with Crippen LogP contribution in [0.25, 0.3) is 0 Å². The Kier molecular flexibility index (Phi) is 8.36. The summed E-state index contributed by atoms with van der Waals surface area (Å²) in [6.45, 7) is 12.4. The second kappa shape index (κ2) is 9.18. The van der Waals surface area contributed by atoms with Gasteiger partial charge in [-0.2, -0.15) is 0 Å². The van der Waals surface area contributed by atoms with Gasteiger partial charge in [-0.1, -0.05) is 12.2 Å². The number of hydrogen-bond donors (Lipinski definition) is 1. The molecule has 5 nitrogen and oxygen atoms in total. The standard InChI is InChI=1S/C15H25NO4/c1-6-8-10-12(19-13(17)11-9-7-2)16-14(18)20-15(3,4)5/h6-7,12H,1-2,8-11H2,3-5H3,(H,16,18). The molecule has 20 heavy (non-hydrogen) atoms. The lowest BCUT2D eigenvalue weighted by atomic mass is 10.2. The first kappa shape index (κ1) is 18.2. The summed E-state index contributed by atoms with van der Waals surface area (Å²) < 4.78 is 10.3. The molecule has 0 aromatic carbocycles. The van der Waals surface area contributed by atoms with Crippen LogP contribution in [0.1, 0.15) is 46.5 Å². The largest absolute Gasteiger partial charge is 0.444 e. The SMILES string of the molecule is C=CCCC(=O)OC(CCC=C)NC(=O)OC(C)(C)C. The number of carbonyl (C=O) groups is 2. The van der Waals surface area contributed by atoms with Crippen LogP contribution in [0, 0.1) is 0 Å². The molecule has 114 valence electrons. The normalized spacial score (nSPS) is 12.2. The Balaban J connectivity index is 4.39. The van der Waals surface area contributed by atoms with Crippen LogP contribution >= 0.6 is 0 Å². The van der Waals surface area contributed by atoms with Gasteiger partial charge in [-0.05, 0) is 33.6 Å². The van der Waals surface area contributed by atoms with E-state index in [1.54, 1.807) is 32.9 Å². The summed E-state index contributed by atoms with van der Waals surface area (Å²) in [6, 6.07) is 0. The fourth-order valence-electron chi connectivity index (χ4n) is 1.31. The number of carbonyl (C=O) groups excluding carboxylic acids is 2. The van der Waals surface area contributed by atoms with Crippen LogP contribution in [-0.4, -0.2) is 23.9 Å². The highest BCUT2D eigenvalue weighted by Crippen LogP contribution is 2.09. The van der Waals surface area contributed by atoms with Crippen LogP contribution in [0.15, 0.2) is 25.3 Å². The lowest BCUT2D eigenvalue weighted by Crippen LogP contribution is -2.41. The molecule has 0 saturated carbocycles. The smallest absolute Gasteiger partial charge is 0.410 e. The fraction of sp³-hybridized carbons (Fsp3) is 0.600. The zero-order valence-corrected chi connectivity index (χ0v) is 12.6. The molecule has 0 spiro atoms. The molecule has 5 heteroatoms. The fourth-order valence-corrected chi connectivity index (χ4v) is 1.31. The van der Waals surface area contributed by atoms with E-state index in [9.17, 15) is 9.59 Å². The summed E-state index contributed by atoms with van der Waals surface area (Å²) in [5.74, 6) is -0.380. The van der Waals surface area contributed by atoms with Crippen LogP contribution in [-0.2, 0) is 14.3 Å². The lowest BCUT2D eigenvalue weighted by Gasteiger charge is -2.23. The van der Waals surface area contributed by atoms with Gasteiger partial charge in [0.25, 0.3) is 0 Å². The summed E-state index contributed by atoms with van der Waals surface area (Å²) in [5.41, 5.74) is -0.597. The average Bonchev–Trinajstić information content (AvgIpc) is 2.31. The number of ether oxygens (including phenoxy) is 2. The maximum absolute atomic E-state index is 11.7. The van der Waals surface area contributed by atoms with Crippen molar-refractivity contribution in [2.45, 2.75) is 58.3 Å². The first-order chi connectivity index (χ1) is 9.28. The summed E-state index contributed by atoms with van der Waals surface area (Å²) in [7, 11) is 0. The number of rotatable bonds is 8. The minimum atomic E-state index is -0.708. The summed E-state index contributed by atoms with van der Waals surface area (Å²) in [4.78, 5) is 23.2. The molecule has 0 rings (SSSR count). The minimum absolute atomic E-state index is 0.240. The topological polar surface area (TPSA) is 64.6 Å². The van der Waals surface area contributed by atoms with E-state index in [-0.39, 0.29) is 12.4 Å². The van der Waals surface area contributed by atoms with E-state index in [1.165, 1.54) is 0 Å². The Morgan fingerprint density at radius 2 is 1.80 bits per heavy atom. The predicted octanol–water partition coefficient (Wildman–Crippen LogP) is 3.31. The molecule has 0 heterocycles. The van der Waals surface area contributed by atoms with E-state index in [0.717, 1.165) is 0 Å². The Hall–Kier alpha value is -1.78. The Bertz CT molecular complexity index is 344. The number of amides is 1. The van der Waals surface area contributed by atoms with Gasteiger partial charge in [-0.3, -0.25) is 10.1 Å². The number of nitrogens with one attached hydrogen (secondary N) is 1. The molecule has 0 fully saturated rings. The van der Waals surface area contributed by atoms with Crippen molar-refractivity contribution in [1.29, 1.82) is 0 Å². The van der Waals surface area contributed by atoms with Crippen molar-refractivity contribution >= 4 is 12.1 Å². The molecule has 1 unspecified atom stereocenters. The van der Waals surface area contributed by atoms with Crippen LogP contribution < -0.4 is 5.32 Å². The monoisotopic (exact) mass is 283 g/mol. The van der Waals surface area contributed by atoms with E-state index in [2.05, 4.69) is 18.5 Å². The van der Waals surface area contributed by atoms with Crippen molar-refractivity contribution in [3.05, 3.63) is 25.3 Å². The molecule has 0 saturated heterocycles. The van der Waals surface area contributed by atoms with Crippen LogP contribution in [0.3, 0.4) is 0 Å². The van der Waals surface area contributed by atoms with Crippen molar-refractivity contribution in [2.75, 3.05) is 0 Å². The molecular formula is C15H25NO4. The molecule has 0 aliphatic heterocycles. The zero-order valence-electron chi connectivity index (χ0n) is 12.6. The first-order valence-corrected chi connectivity index (χ1v) is 6.69. The van der Waals surface area contributed by atoms with E-state index < -0.39 is 17.9 Å². The number of hydrogen-bond acceptors (Lipinski definition) is 4.